The Morgan fingerprint density at radius 2 is 1.02 bits per heavy atom. The molecule has 0 saturated heterocycles. The zero-order valence-electron chi connectivity index (χ0n) is 31.0. The van der Waals surface area contributed by atoms with Crippen LogP contribution in [0.3, 0.4) is 0 Å². The summed E-state index contributed by atoms with van der Waals surface area (Å²) in [6.45, 7) is 0. The summed E-state index contributed by atoms with van der Waals surface area (Å²) >= 11 is 1.82. The minimum atomic E-state index is 0.586. The molecule has 6 heteroatoms. The van der Waals surface area contributed by atoms with Gasteiger partial charge in [-0.1, -0.05) is 133 Å². The van der Waals surface area contributed by atoms with E-state index in [9.17, 15) is 5.26 Å². The fraction of sp³-hybridized carbons (Fsp3) is 0. The molecule has 0 aliphatic rings. The molecule has 270 valence electrons. The Balaban J connectivity index is 1.21. The minimum Gasteiger partial charge on any atom is -0.309 e. The number of hydrogen-bond acceptors (Lipinski definition) is 5. The molecule has 0 amide bonds. The van der Waals surface area contributed by atoms with Crippen molar-refractivity contribution >= 4 is 53.3 Å². The summed E-state index contributed by atoms with van der Waals surface area (Å²) in [7, 11) is 0. The van der Waals surface area contributed by atoms with Crippen LogP contribution in [0, 0.1) is 11.3 Å². The number of aromatic nitrogens is 4. The van der Waals surface area contributed by atoms with Gasteiger partial charge in [-0.05, 0) is 76.9 Å². The second-order valence-electron chi connectivity index (χ2n) is 14.3. The van der Waals surface area contributed by atoms with Crippen LogP contribution in [0.1, 0.15) is 5.56 Å². The van der Waals surface area contributed by atoms with Gasteiger partial charge in [0, 0.05) is 47.6 Å². The van der Waals surface area contributed by atoms with Gasteiger partial charge in [0.25, 0.3) is 0 Å². The molecule has 0 unspecified atom stereocenters. The van der Waals surface area contributed by atoms with Crippen LogP contribution in [-0.2, 0) is 0 Å². The van der Waals surface area contributed by atoms with Crippen molar-refractivity contribution in [2.75, 3.05) is 0 Å². The molecule has 11 rings (SSSR count). The summed E-state index contributed by atoms with van der Waals surface area (Å²) < 4.78 is 4.86. The summed E-state index contributed by atoms with van der Waals surface area (Å²) in [6, 6.07) is 67.4. The highest BCUT2D eigenvalue weighted by molar-refractivity contribution is 7.25. The predicted molar refractivity (Wildman–Crippen MR) is 239 cm³/mol. The summed E-state index contributed by atoms with van der Waals surface area (Å²) in [5.74, 6) is 1.80. The van der Waals surface area contributed by atoms with E-state index in [1.54, 1.807) is 0 Å². The van der Waals surface area contributed by atoms with Crippen molar-refractivity contribution in [1.82, 2.24) is 19.5 Å². The molecule has 3 heterocycles. The normalized spacial score (nSPS) is 11.4. The van der Waals surface area contributed by atoms with Crippen LogP contribution in [0.2, 0.25) is 0 Å². The molecule has 0 bridgehead atoms. The van der Waals surface area contributed by atoms with Crippen LogP contribution in [0.4, 0.5) is 0 Å². The van der Waals surface area contributed by atoms with E-state index < -0.39 is 0 Å². The van der Waals surface area contributed by atoms with Crippen LogP contribution in [-0.4, -0.2) is 19.5 Å². The van der Waals surface area contributed by atoms with Gasteiger partial charge in [0.15, 0.2) is 17.5 Å². The van der Waals surface area contributed by atoms with Gasteiger partial charge >= 0.3 is 0 Å². The average molecular weight is 758 g/mol. The van der Waals surface area contributed by atoms with Gasteiger partial charge < -0.3 is 4.57 Å². The van der Waals surface area contributed by atoms with Gasteiger partial charge in [0.05, 0.1) is 28.4 Å². The molecule has 0 saturated carbocycles. The van der Waals surface area contributed by atoms with Crippen LogP contribution in [0.15, 0.2) is 188 Å². The van der Waals surface area contributed by atoms with Gasteiger partial charge in [-0.2, -0.15) is 5.26 Å². The lowest BCUT2D eigenvalue weighted by atomic mass is 9.96. The highest BCUT2D eigenvalue weighted by Gasteiger charge is 2.22. The highest BCUT2D eigenvalue weighted by atomic mass is 32.1. The Kier molecular flexibility index (Phi) is 7.99. The number of fused-ring (bicyclic) bond motifs is 6. The fourth-order valence-electron chi connectivity index (χ4n) is 8.20. The SMILES string of the molecule is N#Cc1cccc(-c2ccc3c(c2)c2ccccc2n3-c2ccc(-c3cccc4sc5ccccc5c34)cc2-c2nc(-c3ccccc3)nc(-c3ccccc3)n2)c1. The Hall–Kier alpha value is -7.72. The average Bonchev–Trinajstić information content (AvgIpc) is 3.85. The monoisotopic (exact) mass is 757 g/mol. The van der Waals surface area contributed by atoms with Gasteiger partial charge in [-0.15, -0.1) is 11.3 Å². The quantitative estimate of drug-likeness (QED) is 0.169. The van der Waals surface area contributed by atoms with Crippen LogP contribution in [0.25, 0.3) is 104 Å². The van der Waals surface area contributed by atoms with Crippen molar-refractivity contribution in [3.8, 4) is 68.2 Å². The van der Waals surface area contributed by atoms with E-state index in [1.807, 2.05) is 90.2 Å². The number of benzene rings is 8. The summed E-state index contributed by atoms with van der Waals surface area (Å²) in [4.78, 5) is 15.6. The smallest absolute Gasteiger partial charge is 0.166 e. The first kappa shape index (κ1) is 33.6. The standard InChI is InChI=1S/C52H31N5S/c53-32-33-13-11-18-36(29-33)37-25-27-45-42(30-37)40-19-7-9-22-44(40)57(45)46-28-26-38(39-21-12-24-48-49(39)41-20-8-10-23-47(41)58-48)31-43(46)52-55-50(34-14-3-1-4-15-34)54-51(56-52)35-16-5-2-6-17-35/h1-31H. The third kappa shape index (κ3) is 5.64. The zero-order valence-corrected chi connectivity index (χ0v) is 31.9. The van der Waals surface area contributed by atoms with Gasteiger partial charge in [0.1, 0.15) is 0 Å². The third-order valence-corrected chi connectivity index (χ3v) is 12.0. The predicted octanol–water partition coefficient (Wildman–Crippen LogP) is 13.5. The number of hydrogen-bond donors (Lipinski definition) is 0. The summed E-state index contributed by atoms with van der Waals surface area (Å²) in [5, 5.41) is 14.4. The molecule has 3 aromatic heterocycles. The maximum Gasteiger partial charge on any atom is 0.166 e. The van der Waals surface area contributed by atoms with Crippen molar-refractivity contribution in [3.05, 3.63) is 194 Å². The first-order chi connectivity index (χ1) is 28.7. The second-order valence-corrected chi connectivity index (χ2v) is 15.4. The maximum absolute atomic E-state index is 9.65. The Morgan fingerprint density at radius 1 is 0.414 bits per heavy atom. The number of rotatable bonds is 6. The Morgan fingerprint density at radius 3 is 1.79 bits per heavy atom. The Labute approximate surface area is 338 Å². The van der Waals surface area contributed by atoms with Gasteiger partial charge in [-0.3, -0.25) is 0 Å². The molecule has 0 radical (unpaired) electrons. The van der Waals surface area contributed by atoms with E-state index >= 15 is 0 Å². The minimum absolute atomic E-state index is 0.586. The van der Waals surface area contributed by atoms with Crippen LogP contribution in [0.5, 0.6) is 0 Å². The lowest BCUT2D eigenvalue weighted by molar-refractivity contribution is 1.06. The molecule has 11 aromatic rings. The van der Waals surface area contributed by atoms with Gasteiger partial charge in [0.2, 0.25) is 0 Å². The molecule has 0 aliphatic heterocycles. The van der Waals surface area contributed by atoms with Crippen molar-refractivity contribution in [3.63, 3.8) is 0 Å². The van der Waals surface area contributed by atoms with Crippen molar-refractivity contribution in [1.29, 1.82) is 5.26 Å². The second kappa shape index (κ2) is 13.8. The third-order valence-electron chi connectivity index (χ3n) is 10.9. The van der Waals surface area contributed by atoms with Crippen LogP contribution >= 0.6 is 11.3 Å². The highest BCUT2D eigenvalue weighted by Crippen LogP contribution is 2.43. The molecule has 0 atom stereocenters. The molecule has 5 nitrogen and oxygen atoms in total. The van der Waals surface area contributed by atoms with E-state index in [1.165, 1.54) is 20.2 Å². The van der Waals surface area contributed by atoms with E-state index in [0.717, 1.165) is 66.4 Å². The van der Waals surface area contributed by atoms with Crippen molar-refractivity contribution in [2.45, 2.75) is 0 Å². The largest absolute Gasteiger partial charge is 0.309 e. The topological polar surface area (TPSA) is 67.4 Å². The molecular formula is C52H31N5S. The molecule has 0 N–H and O–H groups in total. The molecule has 0 fully saturated rings. The number of nitrogens with zero attached hydrogens (tertiary/aromatic N) is 5. The molecule has 0 aliphatic carbocycles. The fourth-order valence-corrected chi connectivity index (χ4v) is 9.33. The number of nitriles is 1. The maximum atomic E-state index is 9.65. The molecule has 8 aromatic carbocycles. The Bertz CT molecular complexity index is 3360. The first-order valence-electron chi connectivity index (χ1n) is 19.2. The van der Waals surface area contributed by atoms with E-state index in [0.29, 0.717) is 23.0 Å². The summed E-state index contributed by atoms with van der Waals surface area (Å²) in [6.07, 6.45) is 0. The molecule has 0 spiro atoms. The number of thiophene rings is 1. The zero-order chi connectivity index (χ0) is 38.6. The molecule has 58 heavy (non-hydrogen) atoms. The van der Waals surface area contributed by atoms with E-state index in [-0.39, 0.29) is 0 Å². The van der Waals surface area contributed by atoms with E-state index in [2.05, 4.69) is 120 Å². The summed E-state index contributed by atoms with van der Waals surface area (Å²) in [5.41, 5.74) is 10.7. The van der Waals surface area contributed by atoms with Crippen molar-refractivity contribution in [2.24, 2.45) is 0 Å². The van der Waals surface area contributed by atoms with Crippen LogP contribution < -0.4 is 0 Å². The van der Waals surface area contributed by atoms with Gasteiger partial charge in [-0.25, -0.2) is 15.0 Å². The number of para-hydroxylation sites is 1. The first-order valence-corrected chi connectivity index (χ1v) is 20.0. The molecular weight excluding hydrogens is 727 g/mol. The lowest BCUT2D eigenvalue weighted by Crippen LogP contribution is -2.04. The lowest BCUT2D eigenvalue weighted by Gasteiger charge is -2.17. The van der Waals surface area contributed by atoms with Crippen molar-refractivity contribution < 1.29 is 0 Å². The van der Waals surface area contributed by atoms with E-state index in [4.69, 9.17) is 15.0 Å².